The van der Waals surface area contributed by atoms with Crippen molar-refractivity contribution in [2.45, 2.75) is 31.8 Å². The summed E-state index contributed by atoms with van der Waals surface area (Å²) in [5, 5.41) is 16.5. The summed E-state index contributed by atoms with van der Waals surface area (Å²) in [6.45, 7) is 3.87. The molecule has 0 aromatic heterocycles. The third-order valence-corrected chi connectivity index (χ3v) is 5.09. The van der Waals surface area contributed by atoms with Crippen LogP contribution in [0.2, 0.25) is 0 Å². The highest BCUT2D eigenvalue weighted by atomic mass is 16.6. The van der Waals surface area contributed by atoms with Gasteiger partial charge in [0.1, 0.15) is 11.9 Å². The maximum atomic E-state index is 11.8. The Bertz CT molecular complexity index is 813. The Labute approximate surface area is 147 Å². The minimum absolute atomic E-state index is 0.238. The molecule has 5 nitrogen and oxygen atoms in total. The van der Waals surface area contributed by atoms with Gasteiger partial charge in [-0.3, -0.25) is 5.32 Å². The van der Waals surface area contributed by atoms with Crippen molar-refractivity contribution in [1.82, 2.24) is 5.32 Å². The van der Waals surface area contributed by atoms with Gasteiger partial charge in [-0.05, 0) is 55.5 Å². The normalized spacial score (nSPS) is 22.7. The second-order valence-corrected chi connectivity index (χ2v) is 6.76. The van der Waals surface area contributed by atoms with Gasteiger partial charge in [0.2, 0.25) is 0 Å². The number of para-hydroxylation sites is 1. The molecule has 2 aliphatic heterocycles. The molecule has 1 saturated heterocycles. The number of amides is 1. The molecule has 2 atom stereocenters. The van der Waals surface area contributed by atoms with E-state index in [-0.39, 0.29) is 11.9 Å². The van der Waals surface area contributed by atoms with Crippen LogP contribution >= 0.6 is 0 Å². The third-order valence-electron chi connectivity index (χ3n) is 5.09. The number of fused-ring (bicyclic) bond motifs is 1. The van der Waals surface area contributed by atoms with Crippen molar-refractivity contribution in [1.29, 1.82) is 0 Å². The summed E-state index contributed by atoms with van der Waals surface area (Å²) in [6.07, 6.45) is 1.52. The zero-order valence-electron chi connectivity index (χ0n) is 14.2. The summed E-state index contributed by atoms with van der Waals surface area (Å²) in [4.78, 5) is 11.8. The molecule has 3 N–H and O–H groups in total. The fourth-order valence-electron chi connectivity index (χ4n) is 3.92. The number of carbonyl (C=O) groups is 1. The van der Waals surface area contributed by atoms with Crippen LogP contribution in [0.3, 0.4) is 0 Å². The zero-order valence-corrected chi connectivity index (χ0v) is 14.2. The SMILES string of the molecule is CC1OC(=O)Nc2cc(-c3ccccc3O)cc(C3CCCNC3)c21. The second-order valence-electron chi connectivity index (χ2n) is 6.76. The quantitative estimate of drug-likeness (QED) is 0.769. The molecular formula is C20H22N2O3. The van der Waals surface area contributed by atoms with E-state index in [4.69, 9.17) is 4.74 Å². The molecule has 0 spiro atoms. The van der Waals surface area contributed by atoms with E-state index in [0.29, 0.717) is 5.92 Å². The Balaban J connectivity index is 1.88. The minimum atomic E-state index is -0.429. The number of cyclic esters (lactones) is 1. The van der Waals surface area contributed by atoms with E-state index >= 15 is 0 Å². The lowest BCUT2D eigenvalue weighted by atomic mass is 9.83. The van der Waals surface area contributed by atoms with Crippen LogP contribution in [-0.4, -0.2) is 24.3 Å². The molecule has 0 radical (unpaired) electrons. The molecule has 0 saturated carbocycles. The number of piperidine rings is 1. The van der Waals surface area contributed by atoms with E-state index in [1.165, 1.54) is 5.56 Å². The lowest BCUT2D eigenvalue weighted by Gasteiger charge is -2.32. The predicted molar refractivity (Wildman–Crippen MR) is 96.9 cm³/mol. The molecule has 2 aromatic carbocycles. The highest BCUT2D eigenvalue weighted by Gasteiger charge is 2.30. The topological polar surface area (TPSA) is 70.6 Å². The molecule has 5 heteroatoms. The molecule has 2 aromatic rings. The van der Waals surface area contributed by atoms with E-state index in [1.807, 2.05) is 25.1 Å². The lowest BCUT2D eigenvalue weighted by Crippen LogP contribution is -2.31. The smallest absolute Gasteiger partial charge is 0.412 e. The fourth-order valence-corrected chi connectivity index (χ4v) is 3.92. The number of phenols is 1. The van der Waals surface area contributed by atoms with E-state index in [9.17, 15) is 9.90 Å². The molecule has 2 unspecified atom stereocenters. The van der Waals surface area contributed by atoms with Gasteiger partial charge in [0.15, 0.2) is 0 Å². The maximum Gasteiger partial charge on any atom is 0.412 e. The van der Waals surface area contributed by atoms with E-state index < -0.39 is 6.09 Å². The molecule has 2 aliphatic rings. The molecular weight excluding hydrogens is 316 g/mol. The number of phenolic OH excluding ortho intramolecular Hbond substituents is 1. The maximum absolute atomic E-state index is 11.8. The average molecular weight is 338 g/mol. The predicted octanol–water partition coefficient (Wildman–Crippen LogP) is 4.15. The standard InChI is InChI=1S/C20H22N2O3/c1-12-19-16(13-5-4-8-21-11-13)9-14(10-17(19)22-20(24)25-12)15-6-2-3-7-18(15)23/h2-3,6-7,9-10,12-13,21,23H,4-5,8,11H2,1H3,(H,22,24). The molecule has 4 rings (SSSR count). The number of rotatable bonds is 2. The number of anilines is 1. The van der Waals surface area contributed by atoms with Crippen LogP contribution in [0.15, 0.2) is 36.4 Å². The van der Waals surface area contributed by atoms with Gasteiger partial charge >= 0.3 is 6.09 Å². The molecule has 1 amide bonds. The van der Waals surface area contributed by atoms with Crippen LogP contribution in [0.25, 0.3) is 11.1 Å². The Kier molecular flexibility index (Phi) is 4.09. The third kappa shape index (κ3) is 2.96. The van der Waals surface area contributed by atoms with Crippen molar-refractivity contribution < 1.29 is 14.6 Å². The van der Waals surface area contributed by atoms with Gasteiger partial charge in [-0.15, -0.1) is 0 Å². The largest absolute Gasteiger partial charge is 0.507 e. The van der Waals surface area contributed by atoms with Gasteiger partial charge < -0.3 is 15.2 Å². The summed E-state index contributed by atoms with van der Waals surface area (Å²) in [6, 6.07) is 11.4. The van der Waals surface area contributed by atoms with Crippen molar-refractivity contribution in [2.75, 3.05) is 18.4 Å². The lowest BCUT2D eigenvalue weighted by molar-refractivity contribution is 0.116. The zero-order chi connectivity index (χ0) is 17.4. The summed E-state index contributed by atoms with van der Waals surface area (Å²) in [7, 11) is 0. The number of nitrogens with one attached hydrogen (secondary N) is 2. The van der Waals surface area contributed by atoms with E-state index in [2.05, 4.69) is 16.7 Å². The molecule has 0 aliphatic carbocycles. The minimum Gasteiger partial charge on any atom is -0.507 e. The molecule has 130 valence electrons. The van der Waals surface area contributed by atoms with Gasteiger partial charge in [-0.2, -0.15) is 0 Å². The molecule has 25 heavy (non-hydrogen) atoms. The number of benzene rings is 2. The summed E-state index contributed by atoms with van der Waals surface area (Å²) < 4.78 is 5.39. The summed E-state index contributed by atoms with van der Waals surface area (Å²) in [5.41, 5.74) is 4.70. The van der Waals surface area contributed by atoms with Crippen LogP contribution in [0.5, 0.6) is 5.75 Å². The number of aromatic hydroxyl groups is 1. The first-order valence-electron chi connectivity index (χ1n) is 8.78. The van der Waals surface area contributed by atoms with E-state index in [0.717, 1.165) is 48.3 Å². The fraction of sp³-hybridized carbons (Fsp3) is 0.350. The van der Waals surface area contributed by atoms with Crippen molar-refractivity contribution in [2.24, 2.45) is 0 Å². The number of ether oxygens (including phenoxy) is 1. The Hall–Kier alpha value is -2.53. The first-order valence-corrected chi connectivity index (χ1v) is 8.78. The number of hydrogen-bond acceptors (Lipinski definition) is 4. The van der Waals surface area contributed by atoms with Crippen LogP contribution in [0.1, 0.15) is 42.9 Å². The summed E-state index contributed by atoms with van der Waals surface area (Å²) >= 11 is 0. The van der Waals surface area contributed by atoms with Gasteiger partial charge in [0.05, 0.1) is 5.69 Å². The molecule has 1 fully saturated rings. The van der Waals surface area contributed by atoms with Gasteiger partial charge in [0.25, 0.3) is 0 Å². The second kappa shape index (κ2) is 6.41. The van der Waals surface area contributed by atoms with Crippen LogP contribution < -0.4 is 10.6 Å². The Morgan fingerprint density at radius 1 is 1.24 bits per heavy atom. The molecule has 2 heterocycles. The highest BCUT2D eigenvalue weighted by molar-refractivity contribution is 5.90. The highest BCUT2D eigenvalue weighted by Crippen LogP contribution is 2.42. The van der Waals surface area contributed by atoms with Gasteiger partial charge in [0, 0.05) is 17.7 Å². The summed E-state index contributed by atoms with van der Waals surface area (Å²) in [5.74, 6) is 0.607. The van der Waals surface area contributed by atoms with Crippen molar-refractivity contribution in [3.63, 3.8) is 0 Å². The Morgan fingerprint density at radius 3 is 2.84 bits per heavy atom. The van der Waals surface area contributed by atoms with Crippen LogP contribution in [-0.2, 0) is 4.74 Å². The number of carbonyl (C=O) groups excluding carboxylic acids is 1. The average Bonchev–Trinajstić information content (AvgIpc) is 2.61. The van der Waals surface area contributed by atoms with Crippen LogP contribution in [0.4, 0.5) is 10.5 Å². The van der Waals surface area contributed by atoms with Crippen LogP contribution in [0, 0.1) is 0 Å². The van der Waals surface area contributed by atoms with Gasteiger partial charge in [-0.1, -0.05) is 24.3 Å². The Morgan fingerprint density at radius 2 is 2.08 bits per heavy atom. The van der Waals surface area contributed by atoms with Crippen molar-refractivity contribution in [3.8, 4) is 16.9 Å². The van der Waals surface area contributed by atoms with E-state index in [1.54, 1.807) is 12.1 Å². The monoisotopic (exact) mass is 338 g/mol. The first kappa shape index (κ1) is 16.0. The van der Waals surface area contributed by atoms with Gasteiger partial charge in [-0.25, -0.2) is 4.79 Å². The van der Waals surface area contributed by atoms with Crippen molar-refractivity contribution in [3.05, 3.63) is 47.5 Å². The number of hydrogen-bond donors (Lipinski definition) is 3. The van der Waals surface area contributed by atoms with Crippen molar-refractivity contribution >= 4 is 11.8 Å². The first-order chi connectivity index (χ1) is 12.1. The molecule has 0 bridgehead atoms.